The molecule has 1 atom stereocenters. The third-order valence-corrected chi connectivity index (χ3v) is 4.06. The van der Waals surface area contributed by atoms with Crippen LogP contribution in [0.3, 0.4) is 0 Å². The summed E-state index contributed by atoms with van der Waals surface area (Å²) in [7, 11) is 1.95. The van der Waals surface area contributed by atoms with Crippen molar-refractivity contribution in [2.45, 2.75) is 26.0 Å². The summed E-state index contributed by atoms with van der Waals surface area (Å²) in [5.74, 6) is 0.918. The largest absolute Gasteiger partial charge is 0.491 e. The maximum absolute atomic E-state index is 6.03. The van der Waals surface area contributed by atoms with Gasteiger partial charge in [-0.2, -0.15) is 0 Å². The van der Waals surface area contributed by atoms with E-state index in [2.05, 4.69) is 17.4 Å². The number of para-hydroxylation sites is 1. The highest BCUT2D eigenvalue weighted by Crippen LogP contribution is 2.35. The molecule has 1 unspecified atom stereocenters. The molecule has 0 radical (unpaired) electrons. The van der Waals surface area contributed by atoms with E-state index >= 15 is 0 Å². The maximum Gasteiger partial charge on any atom is 0.124 e. The molecule has 2 rings (SSSR count). The number of hydrogen-bond acceptors (Lipinski definition) is 3. The van der Waals surface area contributed by atoms with E-state index in [0.717, 1.165) is 15.6 Å². The van der Waals surface area contributed by atoms with Crippen LogP contribution in [0.25, 0.3) is 0 Å². The summed E-state index contributed by atoms with van der Waals surface area (Å²) >= 11 is 7.62. The second-order valence-electron chi connectivity index (χ2n) is 4.57. The summed E-state index contributed by atoms with van der Waals surface area (Å²) in [5.41, 5.74) is 1.14. The van der Waals surface area contributed by atoms with Crippen LogP contribution in [0.1, 0.15) is 30.3 Å². The van der Waals surface area contributed by atoms with E-state index in [-0.39, 0.29) is 12.1 Å². The van der Waals surface area contributed by atoms with E-state index in [0.29, 0.717) is 0 Å². The molecule has 2 aromatic rings. The Morgan fingerprint density at radius 2 is 1.89 bits per heavy atom. The Hall–Kier alpha value is -1.03. The number of ether oxygens (including phenoxy) is 1. The highest BCUT2D eigenvalue weighted by Gasteiger charge is 2.18. The summed E-state index contributed by atoms with van der Waals surface area (Å²) in [5, 5.41) is 3.33. The number of benzene rings is 1. The van der Waals surface area contributed by atoms with Gasteiger partial charge in [-0.25, -0.2) is 0 Å². The molecule has 0 saturated carbocycles. The minimum Gasteiger partial charge on any atom is -0.491 e. The second kappa shape index (κ2) is 6.42. The monoisotopic (exact) mass is 295 g/mol. The van der Waals surface area contributed by atoms with Gasteiger partial charge in [0.15, 0.2) is 0 Å². The first-order chi connectivity index (χ1) is 9.11. The molecule has 0 saturated heterocycles. The van der Waals surface area contributed by atoms with Crippen molar-refractivity contribution >= 4 is 22.9 Å². The van der Waals surface area contributed by atoms with E-state index in [9.17, 15) is 0 Å². The number of nitrogens with one attached hydrogen (secondary N) is 1. The normalized spacial score (nSPS) is 12.7. The Labute approximate surface area is 123 Å². The Balaban J connectivity index is 2.38. The lowest BCUT2D eigenvalue weighted by atomic mass is 10.0. The number of rotatable bonds is 5. The Morgan fingerprint density at radius 1 is 1.16 bits per heavy atom. The van der Waals surface area contributed by atoms with Gasteiger partial charge in [0.25, 0.3) is 0 Å². The van der Waals surface area contributed by atoms with E-state index < -0.39 is 0 Å². The van der Waals surface area contributed by atoms with Crippen LogP contribution < -0.4 is 10.1 Å². The number of hydrogen-bond donors (Lipinski definition) is 1. The lowest BCUT2D eigenvalue weighted by Crippen LogP contribution is -2.18. The molecule has 1 heterocycles. The van der Waals surface area contributed by atoms with Crippen molar-refractivity contribution < 1.29 is 4.74 Å². The van der Waals surface area contributed by atoms with E-state index in [1.54, 1.807) is 11.3 Å². The zero-order valence-electron chi connectivity index (χ0n) is 11.3. The predicted molar refractivity (Wildman–Crippen MR) is 82.4 cm³/mol. The molecule has 1 aromatic heterocycles. The first-order valence-corrected chi connectivity index (χ1v) is 7.49. The molecule has 0 aliphatic heterocycles. The molecule has 0 fully saturated rings. The fourth-order valence-electron chi connectivity index (χ4n) is 2.01. The molecule has 2 nitrogen and oxygen atoms in total. The Morgan fingerprint density at radius 3 is 2.47 bits per heavy atom. The van der Waals surface area contributed by atoms with Crippen LogP contribution in [0.15, 0.2) is 36.4 Å². The Bertz CT molecular complexity index is 538. The van der Waals surface area contributed by atoms with Gasteiger partial charge in [-0.1, -0.05) is 29.8 Å². The third kappa shape index (κ3) is 3.50. The van der Waals surface area contributed by atoms with Crippen molar-refractivity contribution in [3.05, 3.63) is 51.2 Å². The molecule has 0 bridgehead atoms. The van der Waals surface area contributed by atoms with Crippen LogP contribution in [-0.4, -0.2) is 13.2 Å². The second-order valence-corrected chi connectivity index (χ2v) is 6.31. The van der Waals surface area contributed by atoms with Gasteiger partial charge >= 0.3 is 0 Å². The minimum absolute atomic E-state index is 0.104. The van der Waals surface area contributed by atoms with Crippen molar-refractivity contribution in [2.75, 3.05) is 7.05 Å². The number of halogens is 1. The van der Waals surface area contributed by atoms with Crippen molar-refractivity contribution in [2.24, 2.45) is 0 Å². The smallest absolute Gasteiger partial charge is 0.124 e. The van der Waals surface area contributed by atoms with Gasteiger partial charge in [0.2, 0.25) is 0 Å². The first-order valence-electron chi connectivity index (χ1n) is 6.30. The molecule has 4 heteroatoms. The molecule has 0 spiro atoms. The Kier molecular flexibility index (Phi) is 4.86. The van der Waals surface area contributed by atoms with E-state index in [1.165, 1.54) is 4.88 Å². The van der Waals surface area contributed by atoms with Crippen LogP contribution in [0.5, 0.6) is 5.75 Å². The zero-order valence-corrected chi connectivity index (χ0v) is 12.9. The quantitative estimate of drug-likeness (QED) is 0.877. The van der Waals surface area contributed by atoms with Crippen LogP contribution in [0, 0.1) is 0 Å². The summed E-state index contributed by atoms with van der Waals surface area (Å²) in [4.78, 5) is 1.19. The SMILES string of the molecule is CNC(c1ccc(Cl)s1)c1ccccc1OC(C)C. The topological polar surface area (TPSA) is 21.3 Å². The highest BCUT2D eigenvalue weighted by atomic mass is 35.5. The maximum atomic E-state index is 6.03. The molecule has 1 N–H and O–H groups in total. The van der Waals surface area contributed by atoms with Crippen LogP contribution >= 0.6 is 22.9 Å². The molecule has 0 amide bonds. The van der Waals surface area contributed by atoms with Crippen LogP contribution in [0.4, 0.5) is 0 Å². The van der Waals surface area contributed by atoms with Gasteiger partial charge in [0.05, 0.1) is 16.5 Å². The summed E-state index contributed by atoms with van der Waals surface area (Å²) < 4.78 is 6.69. The van der Waals surface area contributed by atoms with E-state index in [4.69, 9.17) is 16.3 Å². The average molecular weight is 296 g/mol. The highest BCUT2D eigenvalue weighted by molar-refractivity contribution is 7.16. The van der Waals surface area contributed by atoms with Gasteiger partial charge in [-0.3, -0.25) is 0 Å². The summed E-state index contributed by atoms with van der Waals surface area (Å²) in [6, 6.07) is 12.2. The van der Waals surface area contributed by atoms with Crippen molar-refractivity contribution in [1.82, 2.24) is 5.32 Å². The molecular formula is C15H18ClNOS. The van der Waals surface area contributed by atoms with Gasteiger partial charge in [-0.05, 0) is 39.1 Å². The standard InChI is InChI=1S/C15H18ClNOS/c1-10(2)18-12-7-5-4-6-11(12)15(17-3)13-8-9-14(16)19-13/h4-10,15,17H,1-3H3. The summed E-state index contributed by atoms with van der Waals surface area (Å²) in [6.45, 7) is 4.07. The van der Waals surface area contributed by atoms with Gasteiger partial charge in [0.1, 0.15) is 5.75 Å². The zero-order chi connectivity index (χ0) is 13.8. The van der Waals surface area contributed by atoms with Gasteiger partial charge < -0.3 is 10.1 Å². The lowest BCUT2D eigenvalue weighted by Gasteiger charge is -2.20. The van der Waals surface area contributed by atoms with Crippen molar-refractivity contribution in [1.29, 1.82) is 0 Å². The van der Waals surface area contributed by atoms with Crippen molar-refractivity contribution in [3.8, 4) is 5.75 Å². The predicted octanol–water partition coefficient (Wildman–Crippen LogP) is 4.50. The minimum atomic E-state index is 0.104. The fourth-order valence-corrected chi connectivity index (χ4v) is 3.20. The molecule has 0 aliphatic rings. The molecule has 19 heavy (non-hydrogen) atoms. The van der Waals surface area contributed by atoms with Gasteiger partial charge in [-0.15, -0.1) is 11.3 Å². The van der Waals surface area contributed by atoms with E-state index in [1.807, 2.05) is 45.2 Å². The van der Waals surface area contributed by atoms with Crippen LogP contribution in [0.2, 0.25) is 4.34 Å². The molecule has 1 aromatic carbocycles. The van der Waals surface area contributed by atoms with Gasteiger partial charge in [0, 0.05) is 10.4 Å². The molecular weight excluding hydrogens is 278 g/mol. The number of thiophene rings is 1. The fraction of sp³-hybridized carbons (Fsp3) is 0.333. The first kappa shape index (κ1) is 14.4. The third-order valence-electron chi connectivity index (χ3n) is 2.76. The molecule has 102 valence electrons. The lowest BCUT2D eigenvalue weighted by molar-refractivity contribution is 0.239. The average Bonchev–Trinajstić information content (AvgIpc) is 2.78. The van der Waals surface area contributed by atoms with Crippen molar-refractivity contribution in [3.63, 3.8) is 0 Å². The molecule has 0 aliphatic carbocycles. The summed E-state index contributed by atoms with van der Waals surface area (Å²) in [6.07, 6.45) is 0.158. The van der Waals surface area contributed by atoms with Crippen LogP contribution in [-0.2, 0) is 0 Å².